The second-order valence-electron chi connectivity index (χ2n) is 3.23. The number of hydrogen-bond donors (Lipinski definition) is 2. The predicted molar refractivity (Wildman–Crippen MR) is 64.1 cm³/mol. The summed E-state index contributed by atoms with van der Waals surface area (Å²) in [5.74, 6) is 7.24. The van der Waals surface area contributed by atoms with Crippen LogP contribution in [0.25, 0.3) is 0 Å². The zero-order valence-electron chi connectivity index (χ0n) is 8.29. The number of rotatable bonds is 5. The Balaban J connectivity index is 2.58. The molecule has 0 aliphatic carbocycles. The lowest BCUT2D eigenvalue weighted by Gasteiger charge is -2.14. The van der Waals surface area contributed by atoms with E-state index in [2.05, 4.69) is 35.2 Å². The van der Waals surface area contributed by atoms with Crippen molar-refractivity contribution in [3.8, 4) is 0 Å². The molecule has 3 nitrogen and oxygen atoms in total. The third-order valence-electron chi connectivity index (χ3n) is 1.76. The summed E-state index contributed by atoms with van der Waals surface area (Å²) in [4.78, 5) is 0. The standard InChI is InChI=1S/C9H15BrN2OS/c1-6(2)14-5-8(12-11)9-7(10)3-4-13-9/h3-4,6,8,12H,5,11H2,1-2H3. The Hall–Kier alpha value is 0.0300. The molecular weight excluding hydrogens is 264 g/mol. The van der Waals surface area contributed by atoms with Crippen LogP contribution in [0.3, 0.4) is 0 Å². The zero-order chi connectivity index (χ0) is 10.6. The van der Waals surface area contributed by atoms with E-state index in [1.165, 1.54) is 0 Å². The van der Waals surface area contributed by atoms with Gasteiger partial charge in [-0.25, -0.2) is 5.43 Å². The minimum atomic E-state index is 0.0618. The maximum atomic E-state index is 5.47. The van der Waals surface area contributed by atoms with Crippen LogP contribution in [-0.2, 0) is 0 Å². The van der Waals surface area contributed by atoms with Crippen molar-refractivity contribution >= 4 is 27.7 Å². The summed E-state index contributed by atoms with van der Waals surface area (Å²) in [7, 11) is 0. The number of nitrogens with two attached hydrogens (primary N) is 1. The molecule has 0 saturated carbocycles. The molecule has 1 aromatic heterocycles. The van der Waals surface area contributed by atoms with Crippen LogP contribution >= 0.6 is 27.7 Å². The summed E-state index contributed by atoms with van der Waals surface area (Å²) >= 11 is 5.26. The van der Waals surface area contributed by atoms with E-state index in [4.69, 9.17) is 10.3 Å². The molecule has 1 aromatic rings. The highest BCUT2D eigenvalue weighted by atomic mass is 79.9. The fraction of sp³-hybridized carbons (Fsp3) is 0.556. The van der Waals surface area contributed by atoms with Crippen LogP contribution in [0.5, 0.6) is 0 Å². The molecule has 0 aromatic carbocycles. The van der Waals surface area contributed by atoms with Crippen molar-refractivity contribution in [1.82, 2.24) is 5.43 Å². The Morgan fingerprint density at radius 2 is 2.36 bits per heavy atom. The van der Waals surface area contributed by atoms with Gasteiger partial charge in [-0.1, -0.05) is 13.8 Å². The van der Waals surface area contributed by atoms with E-state index in [9.17, 15) is 0 Å². The quantitative estimate of drug-likeness (QED) is 0.642. The summed E-state index contributed by atoms with van der Waals surface area (Å²) in [5, 5.41) is 0.597. The minimum absolute atomic E-state index is 0.0618. The van der Waals surface area contributed by atoms with Crippen LogP contribution in [0.15, 0.2) is 21.2 Å². The minimum Gasteiger partial charge on any atom is -0.466 e. The number of furan rings is 1. The van der Waals surface area contributed by atoms with Gasteiger partial charge in [-0.05, 0) is 27.2 Å². The van der Waals surface area contributed by atoms with Crippen molar-refractivity contribution in [2.45, 2.75) is 25.1 Å². The van der Waals surface area contributed by atoms with Crippen LogP contribution in [0.1, 0.15) is 25.6 Å². The molecule has 1 heterocycles. The van der Waals surface area contributed by atoms with Crippen molar-refractivity contribution in [2.75, 3.05) is 5.75 Å². The van der Waals surface area contributed by atoms with E-state index >= 15 is 0 Å². The van der Waals surface area contributed by atoms with E-state index < -0.39 is 0 Å². The Morgan fingerprint density at radius 3 is 2.79 bits per heavy atom. The highest BCUT2D eigenvalue weighted by Crippen LogP contribution is 2.27. The van der Waals surface area contributed by atoms with Gasteiger partial charge < -0.3 is 4.42 Å². The van der Waals surface area contributed by atoms with E-state index in [0.717, 1.165) is 16.0 Å². The molecule has 1 atom stereocenters. The van der Waals surface area contributed by atoms with Gasteiger partial charge in [-0.3, -0.25) is 5.84 Å². The molecule has 0 bridgehead atoms. The Bertz CT molecular complexity index is 278. The summed E-state index contributed by atoms with van der Waals surface area (Å²) in [6.07, 6.45) is 1.66. The highest BCUT2D eigenvalue weighted by molar-refractivity contribution is 9.10. The molecule has 0 spiro atoms. The third-order valence-corrected chi connectivity index (χ3v) is 3.61. The van der Waals surface area contributed by atoms with Gasteiger partial charge in [0.2, 0.25) is 0 Å². The third kappa shape index (κ3) is 3.31. The van der Waals surface area contributed by atoms with Crippen LogP contribution in [-0.4, -0.2) is 11.0 Å². The number of thioether (sulfide) groups is 1. The first-order valence-electron chi connectivity index (χ1n) is 4.45. The predicted octanol–water partition coefficient (Wildman–Crippen LogP) is 2.69. The molecule has 0 radical (unpaired) electrons. The molecule has 3 N–H and O–H groups in total. The van der Waals surface area contributed by atoms with Crippen molar-refractivity contribution in [3.05, 3.63) is 22.6 Å². The van der Waals surface area contributed by atoms with Crippen molar-refractivity contribution in [2.24, 2.45) is 5.84 Å². The normalized spacial score (nSPS) is 13.5. The van der Waals surface area contributed by atoms with Crippen LogP contribution in [0.4, 0.5) is 0 Å². The number of nitrogens with one attached hydrogen (secondary N) is 1. The second-order valence-corrected chi connectivity index (χ2v) is 5.70. The SMILES string of the molecule is CC(C)SCC(NN)c1occc1Br. The van der Waals surface area contributed by atoms with Crippen molar-refractivity contribution in [1.29, 1.82) is 0 Å². The van der Waals surface area contributed by atoms with Gasteiger partial charge in [-0.15, -0.1) is 0 Å². The number of halogens is 1. The summed E-state index contributed by atoms with van der Waals surface area (Å²) in [6, 6.07) is 1.94. The fourth-order valence-corrected chi connectivity index (χ4v) is 2.34. The molecule has 0 aliphatic rings. The highest BCUT2D eigenvalue weighted by Gasteiger charge is 2.16. The molecule has 14 heavy (non-hydrogen) atoms. The lowest BCUT2D eigenvalue weighted by molar-refractivity contribution is 0.438. The smallest absolute Gasteiger partial charge is 0.137 e. The number of hydrogen-bond acceptors (Lipinski definition) is 4. The largest absolute Gasteiger partial charge is 0.466 e. The zero-order valence-corrected chi connectivity index (χ0v) is 10.7. The molecule has 5 heteroatoms. The van der Waals surface area contributed by atoms with Gasteiger partial charge in [0.15, 0.2) is 0 Å². The molecule has 1 rings (SSSR count). The average molecular weight is 279 g/mol. The van der Waals surface area contributed by atoms with Crippen molar-refractivity contribution < 1.29 is 4.42 Å². The Morgan fingerprint density at radius 1 is 1.64 bits per heavy atom. The summed E-state index contributed by atoms with van der Waals surface area (Å²) in [5.41, 5.74) is 2.76. The van der Waals surface area contributed by atoms with Crippen LogP contribution in [0, 0.1) is 0 Å². The second kappa shape index (κ2) is 5.80. The first kappa shape index (κ1) is 12.1. The van der Waals surface area contributed by atoms with Gasteiger partial charge >= 0.3 is 0 Å². The molecule has 0 aliphatic heterocycles. The van der Waals surface area contributed by atoms with E-state index in [0.29, 0.717) is 5.25 Å². The lowest BCUT2D eigenvalue weighted by Crippen LogP contribution is -2.30. The molecule has 0 amide bonds. The Kier molecular flexibility index (Phi) is 5.01. The van der Waals surface area contributed by atoms with Crippen LogP contribution < -0.4 is 11.3 Å². The monoisotopic (exact) mass is 278 g/mol. The van der Waals surface area contributed by atoms with Gasteiger partial charge in [0.05, 0.1) is 16.8 Å². The van der Waals surface area contributed by atoms with E-state index in [1.807, 2.05) is 17.8 Å². The van der Waals surface area contributed by atoms with Gasteiger partial charge in [0.25, 0.3) is 0 Å². The number of hydrazine groups is 1. The molecule has 0 fully saturated rings. The molecule has 0 saturated heterocycles. The van der Waals surface area contributed by atoms with E-state index in [-0.39, 0.29) is 6.04 Å². The van der Waals surface area contributed by atoms with Gasteiger partial charge in [-0.2, -0.15) is 11.8 Å². The maximum Gasteiger partial charge on any atom is 0.137 e. The first-order chi connectivity index (χ1) is 6.65. The average Bonchev–Trinajstić information content (AvgIpc) is 2.53. The first-order valence-corrected chi connectivity index (χ1v) is 6.30. The Labute approximate surface area is 96.9 Å². The van der Waals surface area contributed by atoms with Gasteiger partial charge in [0, 0.05) is 5.75 Å². The molecule has 80 valence electrons. The molecule has 1 unspecified atom stereocenters. The van der Waals surface area contributed by atoms with Gasteiger partial charge in [0.1, 0.15) is 5.76 Å². The lowest BCUT2D eigenvalue weighted by atomic mass is 10.3. The summed E-state index contributed by atoms with van der Waals surface area (Å²) < 4.78 is 6.31. The van der Waals surface area contributed by atoms with Crippen LogP contribution in [0.2, 0.25) is 0 Å². The topological polar surface area (TPSA) is 51.2 Å². The maximum absolute atomic E-state index is 5.47. The summed E-state index contributed by atoms with van der Waals surface area (Å²) in [6.45, 7) is 4.32. The molecular formula is C9H15BrN2OS. The fourth-order valence-electron chi connectivity index (χ4n) is 1.04. The van der Waals surface area contributed by atoms with E-state index in [1.54, 1.807) is 6.26 Å². The van der Waals surface area contributed by atoms with Crippen molar-refractivity contribution in [3.63, 3.8) is 0 Å².